The van der Waals surface area contributed by atoms with Crippen molar-refractivity contribution in [3.8, 4) is 11.3 Å². The molecule has 1 aliphatic rings. The van der Waals surface area contributed by atoms with Crippen LogP contribution in [0.4, 0.5) is 5.82 Å². The molecule has 2 heteroatoms. The van der Waals surface area contributed by atoms with Crippen LogP contribution in [0.15, 0.2) is 36.4 Å². The minimum atomic E-state index is 0.903. The second-order valence-electron chi connectivity index (χ2n) is 4.78. The molecule has 1 aliphatic carbocycles. The van der Waals surface area contributed by atoms with E-state index in [1.165, 1.54) is 36.0 Å². The molecule has 3 rings (SSSR count). The van der Waals surface area contributed by atoms with E-state index in [4.69, 9.17) is 0 Å². The van der Waals surface area contributed by atoms with Crippen LogP contribution in [-0.4, -0.2) is 11.5 Å². The van der Waals surface area contributed by atoms with Crippen molar-refractivity contribution in [3.63, 3.8) is 0 Å². The molecule has 0 saturated heterocycles. The zero-order valence-electron chi connectivity index (χ0n) is 10.7. The van der Waals surface area contributed by atoms with Crippen LogP contribution in [0.2, 0.25) is 0 Å². The summed E-state index contributed by atoms with van der Waals surface area (Å²) in [7, 11) is 0. The quantitative estimate of drug-likeness (QED) is 0.882. The lowest BCUT2D eigenvalue weighted by Crippen LogP contribution is -1.99. The summed E-state index contributed by atoms with van der Waals surface area (Å²) in [6, 6.07) is 12.9. The third-order valence-electron chi connectivity index (χ3n) is 3.50. The second-order valence-corrected chi connectivity index (χ2v) is 4.78. The van der Waals surface area contributed by atoms with E-state index in [-0.39, 0.29) is 0 Å². The van der Waals surface area contributed by atoms with Crippen LogP contribution in [0.1, 0.15) is 24.5 Å². The highest BCUT2D eigenvalue weighted by Crippen LogP contribution is 2.27. The third-order valence-corrected chi connectivity index (χ3v) is 3.50. The Morgan fingerprint density at radius 1 is 1.11 bits per heavy atom. The van der Waals surface area contributed by atoms with E-state index in [0.717, 1.165) is 18.1 Å². The fraction of sp³-hybridized carbons (Fsp3) is 0.312. The standard InChI is InChI=1S/C16H18N2/c1-2-17-16-8-4-7-15(18-16)14-10-9-12-5-3-6-13(12)11-14/h4,7-11H,2-3,5-6H2,1H3,(H,17,18). The molecule has 0 atom stereocenters. The molecular formula is C16H18N2. The number of fused-ring (bicyclic) bond motifs is 1. The average molecular weight is 238 g/mol. The van der Waals surface area contributed by atoms with Crippen LogP contribution in [0.25, 0.3) is 11.3 Å². The van der Waals surface area contributed by atoms with E-state index in [1.54, 1.807) is 0 Å². The molecule has 0 fully saturated rings. The Hall–Kier alpha value is -1.83. The summed E-state index contributed by atoms with van der Waals surface area (Å²) in [5.41, 5.74) is 5.31. The van der Waals surface area contributed by atoms with Gasteiger partial charge < -0.3 is 5.32 Å². The third kappa shape index (κ3) is 2.10. The molecule has 2 aromatic rings. The van der Waals surface area contributed by atoms with E-state index < -0.39 is 0 Å². The molecule has 0 spiro atoms. The van der Waals surface area contributed by atoms with Crippen LogP contribution >= 0.6 is 0 Å². The highest BCUT2D eigenvalue weighted by atomic mass is 15.0. The molecule has 0 saturated carbocycles. The molecular weight excluding hydrogens is 220 g/mol. The molecule has 0 amide bonds. The van der Waals surface area contributed by atoms with Crippen LogP contribution in [0.5, 0.6) is 0 Å². The molecule has 1 heterocycles. The number of hydrogen-bond donors (Lipinski definition) is 1. The predicted octanol–water partition coefficient (Wildman–Crippen LogP) is 3.67. The summed E-state index contributed by atoms with van der Waals surface area (Å²) in [6.45, 7) is 2.99. The van der Waals surface area contributed by atoms with Gasteiger partial charge in [0.2, 0.25) is 0 Å². The highest BCUT2D eigenvalue weighted by molar-refractivity contribution is 5.63. The van der Waals surface area contributed by atoms with Crippen molar-refractivity contribution in [2.75, 3.05) is 11.9 Å². The van der Waals surface area contributed by atoms with E-state index in [1.807, 2.05) is 6.07 Å². The van der Waals surface area contributed by atoms with Gasteiger partial charge in [-0.1, -0.05) is 18.2 Å². The summed E-state index contributed by atoms with van der Waals surface area (Å²) < 4.78 is 0. The summed E-state index contributed by atoms with van der Waals surface area (Å²) in [6.07, 6.45) is 3.75. The fourth-order valence-electron chi connectivity index (χ4n) is 2.61. The van der Waals surface area contributed by atoms with Crippen molar-refractivity contribution in [2.24, 2.45) is 0 Å². The Kier molecular flexibility index (Phi) is 3.01. The Labute approximate surface area is 108 Å². The largest absolute Gasteiger partial charge is 0.370 e. The second kappa shape index (κ2) is 4.81. The van der Waals surface area contributed by atoms with Crippen molar-refractivity contribution < 1.29 is 0 Å². The maximum atomic E-state index is 4.65. The maximum absolute atomic E-state index is 4.65. The molecule has 1 aromatic carbocycles. The minimum absolute atomic E-state index is 0.903. The van der Waals surface area contributed by atoms with Crippen LogP contribution < -0.4 is 5.32 Å². The Morgan fingerprint density at radius 3 is 2.89 bits per heavy atom. The predicted molar refractivity (Wildman–Crippen MR) is 75.9 cm³/mol. The Bertz CT molecular complexity index is 561. The molecule has 18 heavy (non-hydrogen) atoms. The first-order valence-electron chi connectivity index (χ1n) is 6.70. The van der Waals surface area contributed by atoms with Gasteiger partial charge in [0.25, 0.3) is 0 Å². The van der Waals surface area contributed by atoms with Gasteiger partial charge in [-0.15, -0.1) is 0 Å². The highest BCUT2D eigenvalue weighted by Gasteiger charge is 2.11. The molecule has 92 valence electrons. The topological polar surface area (TPSA) is 24.9 Å². The molecule has 0 aliphatic heterocycles. The molecule has 2 nitrogen and oxygen atoms in total. The summed E-state index contributed by atoms with van der Waals surface area (Å²) in [4.78, 5) is 4.65. The minimum Gasteiger partial charge on any atom is -0.370 e. The SMILES string of the molecule is CCNc1cccc(-c2ccc3c(c2)CCC3)n1. The van der Waals surface area contributed by atoms with Crippen LogP contribution in [0, 0.1) is 0 Å². The molecule has 0 unspecified atom stereocenters. The monoisotopic (exact) mass is 238 g/mol. The molecule has 0 bridgehead atoms. The number of rotatable bonds is 3. The fourth-order valence-corrected chi connectivity index (χ4v) is 2.61. The zero-order chi connectivity index (χ0) is 12.4. The van der Waals surface area contributed by atoms with Gasteiger partial charge in [0.15, 0.2) is 0 Å². The summed E-state index contributed by atoms with van der Waals surface area (Å²) in [5.74, 6) is 0.954. The maximum Gasteiger partial charge on any atom is 0.126 e. The van der Waals surface area contributed by atoms with E-state index in [2.05, 4.69) is 47.6 Å². The van der Waals surface area contributed by atoms with Crippen molar-refractivity contribution in [2.45, 2.75) is 26.2 Å². The lowest BCUT2D eigenvalue weighted by molar-refractivity contribution is 0.912. The first kappa shape index (κ1) is 11.3. The Balaban J connectivity index is 1.96. The first-order chi connectivity index (χ1) is 8.86. The number of aryl methyl sites for hydroxylation is 2. The van der Waals surface area contributed by atoms with Gasteiger partial charge in [0.05, 0.1) is 5.69 Å². The number of benzene rings is 1. The lowest BCUT2D eigenvalue weighted by atomic mass is 10.0. The number of hydrogen-bond acceptors (Lipinski definition) is 2. The van der Waals surface area contributed by atoms with E-state index in [0.29, 0.717) is 0 Å². The van der Waals surface area contributed by atoms with Crippen LogP contribution in [-0.2, 0) is 12.8 Å². The van der Waals surface area contributed by atoms with Crippen LogP contribution in [0.3, 0.4) is 0 Å². The van der Waals surface area contributed by atoms with Gasteiger partial charge in [-0.25, -0.2) is 4.98 Å². The number of anilines is 1. The first-order valence-corrected chi connectivity index (χ1v) is 6.70. The number of aromatic nitrogens is 1. The van der Waals surface area contributed by atoms with Gasteiger partial charge in [-0.05, 0) is 55.5 Å². The van der Waals surface area contributed by atoms with Gasteiger partial charge >= 0.3 is 0 Å². The average Bonchev–Trinajstić information content (AvgIpc) is 2.86. The zero-order valence-corrected chi connectivity index (χ0v) is 10.7. The number of nitrogens with zero attached hydrogens (tertiary/aromatic N) is 1. The van der Waals surface area contributed by atoms with Crippen molar-refractivity contribution in [3.05, 3.63) is 47.5 Å². The van der Waals surface area contributed by atoms with E-state index >= 15 is 0 Å². The van der Waals surface area contributed by atoms with Gasteiger partial charge in [-0.3, -0.25) is 0 Å². The molecule has 1 N–H and O–H groups in total. The van der Waals surface area contributed by atoms with Gasteiger partial charge in [0.1, 0.15) is 5.82 Å². The van der Waals surface area contributed by atoms with E-state index in [9.17, 15) is 0 Å². The number of nitrogens with one attached hydrogen (secondary N) is 1. The van der Waals surface area contributed by atoms with Gasteiger partial charge in [0, 0.05) is 12.1 Å². The lowest BCUT2D eigenvalue weighted by Gasteiger charge is -2.07. The summed E-state index contributed by atoms with van der Waals surface area (Å²) in [5, 5.41) is 3.26. The van der Waals surface area contributed by atoms with Gasteiger partial charge in [-0.2, -0.15) is 0 Å². The van der Waals surface area contributed by atoms with Crippen molar-refractivity contribution in [1.29, 1.82) is 0 Å². The number of pyridine rings is 1. The normalized spacial score (nSPS) is 13.4. The molecule has 1 aromatic heterocycles. The Morgan fingerprint density at radius 2 is 2.00 bits per heavy atom. The van der Waals surface area contributed by atoms with Crippen molar-refractivity contribution >= 4 is 5.82 Å². The van der Waals surface area contributed by atoms with Crippen molar-refractivity contribution in [1.82, 2.24) is 4.98 Å². The summed E-state index contributed by atoms with van der Waals surface area (Å²) >= 11 is 0. The smallest absolute Gasteiger partial charge is 0.126 e. The molecule has 0 radical (unpaired) electrons.